The van der Waals surface area contributed by atoms with Crippen LogP contribution in [0, 0.1) is 26.3 Å². The first kappa shape index (κ1) is 26.2. The minimum absolute atomic E-state index is 0.0712. The van der Waals surface area contributed by atoms with Gasteiger partial charge >= 0.3 is 0 Å². The number of aryl methyl sites for hydroxylation is 2. The van der Waals surface area contributed by atoms with Gasteiger partial charge in [0.05, 0.1) is 19.7 Å². The molecule has 3 rings (SSSR count). The number of hydrazine groups is 1. The third-order valence-electron chi connectivity index (χ3n) is 6.47. The number of fused-ring (bicyclic) bond motifs is 1. The Hall–Kier alpha value is -3.37. The van der Waals surface area contributed by atoms with Crippen LogP contribution in [0.4, 0.5) is 11.4 Å². The fraction of sp³-hybridized carbons (Fsp3) is 0.464. The van der Waals surface area contributed by atoms with Gasteiger partial charge in [0.2, 0.25) is 5.91 Å². The third kappa shape index (κ3) is 6.83. The quantitative estimate of drug-likeness (QED) is 0.403. The van der Waals surface area contributed by atoms with E-state index in [0.29, 0.717) is 31.2 Å². The summed E-state index contributed by atoms with van der Waals surface area (Å²) < 4.78 is 0. The second kappa shape index (κ2) is 11.9. The monoisotopic (exact) mass is 475 g/mol. The molecule has 1 N–H and O–H groups in total. The van der Waals surface area contributed by atoms with Crippen molar-refractivity contribution in [3.05, 3.63) is 70.1 Å². The average molecular weight is 476 g/mol. The molecule has 0 saturated heterocycles. The van der Waals surface area contributed by atoms with E-state index in [1.54, 1.807) is 12.1 Å². The number of hydrogen-bond acceptors (Lipinski definition) is 4. The number of rotatable bonds is 10. The lowest BCUT2D eigenvalue weighted by molar-refractivity contribution is -0.145. The molecule has 0 bridgehead atoms. The highest BCUT2D eigenvalue weighted by Gasteiger charge is 2.27. The molecule has 0 fully saturated rings. The molecule has 0 aliphatic carbocycles. The van der Waals surface area contributed by atoms with Crippen LogP contribution in [0.3, 0.4) is 0 Å². The molecular formula is C28H37N5O2. The minimum atomic E-state index is -0.106. The van der Waals surface area contributed by atoms with Crippen molar-refractivity contribution >= 4 is 23.2 Å². The number of nitrogens with zero attached hydrogens (tertiary/aromatic N) is 4. The molecule has 186 valence electrons. The molecule has 2 aromatic rings. The van der Waals surface area contributed by atoms with Crippen molar-refractivity contribution in [1.29, 1.82) is 0 Å². The van der Waals surface area contributed by atoms with Gasteiger partial charge in [0, 0.05) is 32.4 Å². The Balaban J connectivity index is 1.75. The maximum Gasteiger partial charge on any atom is 0.256 e. The van der Waals surface area contributed by atoms with E-state index in [-0.39, 0.29) is 24.9 Å². The van der Waals surface area contributed by atoms with Crippen LogP contribution in [-0.4, -0.2) is 48.5 Å². The van der Waals surface area contributed by atoms with Crippen LogP contribution in [0.2, 0.25) is 0 Å². The van der Waals surface area contributed by atoms with Crippen molar-refractivity contribution in [2.45, 2.75) is 53.6 Å². The topological polar surface area (TPSA) is 60.3 Å². The molecule has 7 heteroatoms. The molecule has 0 saturated carbocycles. The number of benzene rings is 2. The second-order valence-corrected chi connectivity index (χ2v) is 9.79. The van der Waals surface area contributed by atoms with Gasteiger partial charge in [-0.1, -0.05) is 50.2 Å². The lowest BCUT2D eigenvalue weighted by atomic mass is 10.1. The highest BCUT2D eigenvalue weighted by atomic mass is 16.2. The normalized spacial score (nSPS) is 12.8. The second-order valence-electron chi connectivity index (χ2n) is 9.79. The largest absolute Gasteiger partial charge is 0.355 e. The molecule has 35 heavy (non-hydrogen) atoms. The number of likely N-dealkylation sites (N-methyl/N-ethyl adjacent to an activating group) is 1. The van der Waals surface area contributed by atoms with Gasteiger partial charge in [-0.2, -0.15) is 0 Å². The van der Waals surface area contributed by atoms with Gasteiger partial charge in [0.1, 0.15) is 0 Å². The smallest absolute Gasteiger partial charge is 0.256 e. The molecule has 2 amide bonds. The summed E-state index contributed by atoms with van der Waals surface area (Å²) in [5.74, 6) is 0.406. The Kier molecular flexibility index (Phi) is 8.89. The zero-order valence-corrected chi connectivity index (χ0v) is 21.6. The highest BCUT2D eigenvalue weighted by molar-refractivity contribution is 5.87. The van der Waals surface area contributed by atoms with Crippen LogP contribution in [-0.2, 0) is 22.7 Å². The van der Waals surface area contributed by atoms with Gasteiger partial charge < -0.3 is 10.2 Å². The van der Waals surface area contributed by atoms with E-state index in [2.05, 4.69) is 36.1 Å². The summed E-state index contributed by atoms with van der Waals surface area (Å²) in [5, 5.41) is 6.70. The Labute approximate surface area is 209 Å². The number of carbonyl (C=O) groups is 2. The van der Waals surface area contributed by atoms with Crippen LogP contribution < -0.4 is 10.2 Å². The zero-order chi connectivity index (χ0) is 25.5. The zero-order valence-electron chi connectivity index (χ0n) is 21.6. The van der Waals surface area contributed by atoms with Crippen LogP contribution in [0.5, 0.6) is 0 Å². The Bertz CT molecular complexity index is 1060. The first-order valence-electron chi connectivity index (χ1n) is 12.3. The summed E-state index contributed by atoms with van der Waals surface area (Å²) in [6.45, 7) is 17.7. The van der Waals surface area contributed by atoms with Crippen molar-refractivity contribution in [1.82, 2.24) is 15.3 Å². The van der Waals surface area contributed by atoms with E-state index in [1.165, 1.54) is 11.1 Å². The molecule has 2 aromatic carbocycles. The standard InChI is InChI=1S/C28H37N5O2/c1-20(2)10-9-13-30-26(34)18-32(28-21(3)14-25(29-5)15-22(28)4)19-27(35)31(6)33-16-23-11-7-8-12-24(23)17-33/h7-8,11-12,14-15,20H,9-10,13,16-19H2,1-4,6H3,(H,30,34). The molecule has 1 aliphatic heterocycles. The summed E-state index contributed by atoms with van der Waals surface area (Å²) >= 11 is 0. The molecule has 0 spiro atoms. The van der Waals surface area contributed by atoms with Crippen molar-refractivity contribution in [3.63, 3.8) is 0 Å². The molecule has 0 radical (unpaired) electrons. The van der Waals surface area contributed by atoms with E-state index in [9.17, 15) is 9.59 Å². The van der Waals surface area contributed by atoms with Crippen molar-refractivity contribution < 1.29 is 9.59 Å². The molecule has 0 aromatic heterocycles. The Morgan fingerprint density at radius 1 is 1.09 bits per heavy atom. The summed E-state index contributed by atoms with van der Waals surface area (Å²) in [6, 6.07) is 11.8. The number of nitrogens with one attached hydrogen (secondary N) is 1. The molecule has 1 aliphatic rings. The number of hydrogen-bond donors (Lipinski definition) is 1. The highest BCUT2D eigenvalue weighted by Crippen LogP contribution is 2.30. The summed E-state index contributed by atoms with van der Waals surface area (Å²) in [5.41, 5.74) is 5.61. The van der Waals surface area contributed by atoms with Gasteiger partial charge in [0.25, 0.3) is 5.91 Å². The Morgan fingerprint density at radius 3 is 2.23 bits per heavy atom. The van der Waals surface area contributed by atoms with Gasteiger partial charge in [-0.3, -0.25) is 14.6 Å². The van der Waals surface area contributed by atoms with Crippen LogP contribution in [0.25, 0.3) is 4.85 Å². The van der Waals surface area contributed by atoms with E-state index in [4.69, 9.17) is 6.57 Å². The van der Waals surface area contributed by atoms with Gasteiger partial charge in [-0.25, -0.2) is 9.85 Å². The van der Waals surface area contributed by atoms with Crippen molar-refractivity contribution in [3.8, 4) is 0 Å². The lowest BCUT2D eigenvalue weighted by Gasteiger charge is -2.32. The third-order valence-corrected chi connectivity index (χ3v) is 6.47. The predicted molar refractivity (Wildman–Crippen MR) is 140 cm³/mol. The fourth-order valence-corrected chi connectivity index (χ4v) is 4.63. The summed E-state index contributed by atoms with van der Waals surface area (Å²) in [7, 11) is 1.79. The van der Waals surface area contributed by atoms with Crippen molar-refractivity contribution in [2.75, 3.05) is 31.6 Å². The molecular weight excluding hydrogens is 438 g/mol. The molecule has 1 heterocycles. The SMILES string of the molecule is [C-]#[N+]c1cc(C)c(N(CC(=O)NCCCC(C)C)CC(=O)N(C)N2Cc3ccccc3C2)c(C)c1. The lowest BCUT2D eigenvalue weighted by Crippen LogP contribution is -2.48. The average Bonchev–Trinajstić information content (AvgIpc) is 3.24. The summed E-state index contributed by atoms with van der Waals surface area (Å²) in [6.07, 6.45) is 1.99. The minimum Gasteiger partial charge on any atom is -0.355 e. The van der Waals surface area contributed by atoms with Gasteiger partial charge in [-0.05, 0) is 54.9 Å². The fourth-order valence-electron chi connectivity index (χ4n) is 4.63. The van der Waals surface area contributed by atoms with Gasteiger partial charge in [-0.15, -0.1) is 0 Å². The van der Waals surface area contributed by atoms with Crippen molar-refractivity contribution in [2.24, 2.45) is 5.92 Å². The predicted octanol–water partition coefficient (Wildman–Crippen LogP) is 4.60. The van der Waals surface area contributed by atoms with E-state index in [1.807, 2.05) is 48.0 Å². The van der Waals surface area contributed by atoms with E-state index >= 15 is 0 Å². The number of amides is 2. The number of anilines is 1. The first-order chi connectivity index (χ1) is 16.7. The molecule has 0 atom stereocenters. The van der Waals surface area contributed by atoms with E-state index < -0.39 is 0 Å². The maximum atomic E-state index is 13.4. The molecule has 7 nitrogen and oxygen atoms in total. The first-order valence-corrected chi connectivity index (χ1v) is 12.3. The Morgan fingerprint density at radius 2 is 1.69 bits per heavy atom. The molecule has 0 unspecified atom stereocenters. The van der Waals surface area contributed by atoms with Gasteiger partial charge in [0.15, 0.2) is 5.69 Å². The number of carbonyl (C=O) groups excluding carboxylic acids is 2. The maximum absolute atomic E-state index is 13.4. The van der Waals surface area contributed by atoms with E-state index in [0.717, 1.165) is 29.7 Å². The summed E-state index contributed by atoms with van der Waals surface area (Å²) in [4.78, 5) is 31.6. The van der Waals surface area contributed by atoms with Crippen LogP contribution in [0.15, 0.2) is 36.4 Å². The van der Waals surface area contributed by atoms with Crippen LogP contribution >= 0.6 is 0 Å². The van der Waals surface area contributed by atoms with Crippen LogP contribution in [0.1, 0.15) is 48.9 Å².